The van der Waals surface area contributed by atoms with Crippen molar-refractivity contribution in [3.05, 3.63) is 60.3 Å². The van der Waals surface area contributed by atoms with Crippen molar-refractivity contribution >= 4 is 22.5 Å². The molecule has 0 atom stereocenters. The summed E-state index contributed by atoms with van der Waals surface area (Å²) in [6.45, 7) is 0.785. The van der Waals surface area contributed by atoms with E-state index in [1.165, 1.54) is 10.9 Å². The van der Waals surface area contributed by atoms with Gasteiger partial charge in [-0.1, -0.05) is 18.2 Å². The number of imidazole rings is 1. The van der Waals surface area contributed by atoms with E-state index in [1.54, 1.807) is 0 Å². The summed E-state index contributed by atoms with van der Waals surface area (Å²) in [5, 5.41) is 1.18. The molecule has 2 aromatic heterocycles. The van der Waals surface area contributed by atoms with E-state index in [1.807, 2.05) is 47.6 Å². The third-order valence-corrected chi connectivity index (χ3v) is 3.19. The van der Waals surface area contributed by atoms with E-state index >= 15 is 0 Å². The second-order valence-corrected chi connectivity index (χ2v) is 4.43. The van der Waals surface area contributed by atoms with Crippen molar-refractivity contribution < 1.29 is 0 Å². The number of fused-ring (bicyclic) bond motifs is 1. The number of hydrogen-bond acceptors (Lipinski definition) is 2. The Balaban J connectivity index is 1.99. The number of benzene rings is 1. The van der Waals surface area contributed by atoms with E-state index in [4.69, 9.17) is 11.6 Å². The molecule has 3 aromatic rings. The van der Waals surface area contributed by atoms with E-state index in [-0.39, 0.29) is 0 Å². The van der Waals surface area contributed by atoms with Gasteiger partial charge in [0.2, 0.25) is 0 Å². The van der Waals surface area contributed by atoms with Crippen molar-refractivity contribution in [2.45, 2.75) is 12.4 Å². The second kappa shape index (κ2) is 4.78. The topological polar surface area (TPSA) is 30.7 Å². The van der Waals surface area contributed by atoms with Crippen LogP contribution in [0.2, 0.25) is 0 Å². The summed E-state index contributed by atoms with van der Waals surface area (Å²) in [4.78, 5) is 8.59. The quantitative estimate of drug-likeness (QED) is 0.675. The Morgan fingerprint density at radius 1 is 1.11 bits per heavy atom. The van der Waals surface area contributed by atoms with Crippen LogP contribution < -0.4 is 0 Å². The number of halogens is 1. The molecule has 0 spiro atoms. The van der Waals surface area contributed by atoms with Crippen LogP contribution in [0.25, 0.3) is 10.9 Å². The molecule has 0 aliphatic carbocycles. The van der Waals surface area contributed by atoms with Gasteiger partial charge in [0.25, 0.3) is 0 Å². The van der Waals surface area contributed by atoms with Gasteiger partial charge in [-0.15, -0.1) is 11.6 Å². The minimum Gasteiger partial charge on any atom is -0.333 e. The van der Waals surface area contributed by atoms with E-state index in [0.717, 1.165) is 17.8 Å². The van der Waals surface area contributed by atoms with Gasteiger partial charge < -0.3 is 4.57 Å². The lowest BCUT2D eigenvalue weighted by molar-refractivity contribution is 0.801. The maximum atomic E-state index is 5.75. The van der Waals surface area contributed by atoms with E-state index in [0.29, 0.717) is 5.88 Å². The highest BCUT2D eigenvalue weighted by molar-refractivity contribution is 6.16. The molecule has 0 saturated carbocycles. The molecule has 3 rings (SSSR count). The highest BCUT2D eigenvalue weighted by Gasteiger charge is 2.03. The summed E-state index contributed by atoms with van der Waals surface area (Å²) < 4.78 is 2.04. The van der Waals surface area contributed by atoms with E-state index < -0.39 is 0 Å². The molecule has 0 amide bonds. The normalized spacial score (nSPS) is 10.9. The first kappa shape index (κ1) is 11.2. The standard InChI is InChI=1S/C14H12ClN3/c15-7-12-9-18(10-17-12)8-11-5-6-16-14-4-2-1-3-13(11)14/h1-6,9-10H,7-8H2. The van der Waals surface area contributed by atoms with Gasteiger partial charge in [-0.05, 0) is 17.7 Å². The fraction of sp³-hybridized carbons (Fsp3) is 0.143. The van der Waals surface area contributed by atoms with Crippen LogP contribution in [0.1, 0.15) is 11.3 Å². The molecule has 0 saturated heterocycles. The van der Waals surface area contributed by atoms with Crippen molar-refractivity contribution in [1.29, 1.82) is 0 Å². The number of rotatable bonds is 3. The van der Waals surface area contributed by atoms with Gasteiger partial charge in [-0.25, -0.2) is 4.98 Å². The van der Waals surface area contributed by atoms with Crippen LogP contribution >= 0.6 is 11.6 Å². The Bertz CT molecular complexity index is 670. The number of para-hydroxylation sites is 1. The van der Waals surface area contributed by atoms with E-state index in [9.17, 15) is 0 Å². The van der Waals surface area contributed by atoms with Gasteiger partial charge in [0.05, 0.1) is 23.4 Å². The molecule has 0 fully saturated rings. The fourth-order valence-electron chi connectivity index (χ4n) is 2.05. The molecule has 0 aliphatic rings. The summed E-state index contributed by atoms with van der Waals surface area (Å²) in [5.74, 6) is 0.449. The lowest BCUT2D eigenvalue weighted by atomic mass is 10.1. The predicted octanol–water partition coefficient (Wildman–Crippen LogP) is 3.22. The van der Waals surface area contributed by atoms with Crippen LogP contribution in [0.4, 0.5) is 0 Å². The average Bonchev–Trinajstić information content (AvgIpc) is 2.87. The smallest absolute Gasteiger partial charge is 0.0953 e. The Morgan fingerprint density at radius 3 is 2.83 bits per heavy atom. The van der Waals surface area contributed by atoms with Crippen molar-refractivity contribution in [1.82, 2.24) is 14.5 Å². The molecule has 3 nitrogen and oxygen atoms in total. The lowest BCUT2D eigenvalue weighted by Gasteiger charge is -2.06. The first-order chi connectivity index (χ1) is 8.86. The van der Waals surface area contributed by atoms with Gasteiger partial charge in [0.1, 0.15) is 0 Å². The molecule has 18 heavy (non-hydrogen) atoms. The fourth-order valence-corrected chi connectivity index (χ4v) is 2.19. The third-order valence-electron chi connectivity index (χ3n) is 2.92. The third kappa shape index (κ3) is 2.09. The number of hydrogen-bond donors (Lipinski definition) is 0. The van der Waals surface area contributed by atoms with Crippen LogP contribution in [0, 0.1) is 0 Å². The Kier molecular flexibility index (Phi) is 2.99. The highest BCUT2D eigenvalue weighted by Crippen LogP contribution is 2.17. The van der Waals surface area contributed by atoms with Gasteiger partial charge in [0, 0.05) is 24.3 Å². The highest BCUT2D eigenvalue weighted by atomic mass is 35.5. The molecule has 0 radical (unpaired) electrons. The van der Waals surface area contributed by atoms with Crippen molar-refractivity contribution in [2.75, 3.05) is 0 Å². The molecule has 1 aromatic carbocycles. The lowest BCUT2D eigenvalue weighted by Crippen LogP contribution is -1.98. The van der Waals surface area contributed by atoms with Crippen molar-refractivity contribution in [2.24, 2.45) is 0 Å². The van der Waals surface area contributed by atoms with Crippen LogP contribution in [-0.4, -0.2) is 14.5 Å². The maximum Gasteiger partial charge on any atom is 0.0953 e. The SMILES string of the molecule is ClCc1cn(Cc2ccnc3ccccc23)cn1. The molecular weight excluding hydrogens is 246 g/mol. The van der Waals surface area contributed by atoms with Crippen LogP contribution in [0.15, 0.2) is 49.1 Å². The molecular formula is C14H12ClN3. The zero-order valence-electron chi connectivity index (χ0n) is 9.75. The van der Waals surface area contributed by atoms with Gasteiger partial charge in [0.15, 0.2) is 0 Å². The molecule has 2 heterocycles. The molecule has 4 heteroatoms. The monoisotopic (exact) mass is 257 g/mol. The van der Waals surface area contributed by atoms with Crippen molar-refractivity contribution in [3.8, 4) is 0 Å². The van der Waals surface area contributed by atoms with Crippen LogP contribution in [0.5, 0.6) is 0 Å². The van der Waals surface area contributed by atoms with Crippen LogP contribution in [-0.2, 0) is 12.4 Å². The zero-order valence-corrected chi connectivity index (χ0v) is 10.5. The summed E-state index contributed by atoms with van der Waals surface area (Å²) in [7, 11) is 0. The first-order valence-electron chi connectivity index (χ1n) is 5.76. The summed E-state index contributed by atoms with van der Waals surface area (Å²) in [6.07, 6.45) is 5.63. The number of pyridine rings is 1. The zero-order chi connectivity index (χ0) is 12.4. The maximum absolute atomic E-state index is 5.75. The summed E-state index contributed by atoms with van der Waals surface area (Å²) in [6, 6.07) is 10.2. The Morgan fingerprint density at radius 2 is 2.00 bits per heavy atom. The molecule has 0 aliphatic heterocycles. The van der Waals surface area contributed by atoms with Gasteiger partial charge >= 0.3 is 0 Å². The summed E-state index contributed by atoms with van der Waals surface area (Å²) >= 11 is 5.75. The largest absolute Gasteiger partial charge is 0.333 e. The molecule has 0 bridgehead atoms. The second-order valence-electron chi connectivity index (χ2n) is 4.16. The average molecular weight is 258 g/mol. The van der Waals surface area contributed by atoms with Crippen molar-refractivity contribution in [3.63, 3.8) is 0 Å². The number of nitrogens with zero attached hydrogens (tertiary/aromatic N) is 3. The molecule has 0 unspecified atom stereocenters. The summed E-state index contributed by atoms with van der Waals surface area (Å²) in [5.41, 5.74) is 3.15. The number of aromatic nitrogens is 3. The molecule has 0 N–H and O–H groups in total. The minimum absolute atomic E-state index is 0.449. The first-order valence-corrected chi connectivity index (χ1v) is 6.29. The predicted molar refractivity (Wildman–Crippen MR) is 72.6 cm³/mol. The Labute approximate surface area is 110 Å². The van der Waals surface area contributed by atoms with Gasteiger partial charge in [-0.3, -0.25) is 4.98 Å². The number of alkyl halides is 1. The minimum atomic E-state index is 0.449. The Hall–Kier alpha value is -1.87. The molecule has 90 valence electrons. The van der Waals surface area contributed by atoms with Crippen LogP contribution in [0.3, 0.4) is 0 Å². The van der Waals surface area contributed by atoms with E-state index in [2.05, 4.69) is 16.0 Å². The van der Waals surface area contributed by atoms with Gasteiger partial charge in [-0.2, -0.15) is 0 Å².